The number of rotatable bonds is 11. The van der Waals surface area contributed by atoms with Crippen LogP contribution in [0.1, 0.15) is 30.2 Å². The quantitative estimate of drug-likeness (QED) is 0.158. The number of alkyl halides is 2. The van der Waals surface area contributed by atoms with E-state index in [4.69, 9.17) is 4.74 Å². The maximum absolute atomic E-state index is 15.5. The molecular weight excluding hydrogens is 432 g/mol. The predicted molar refractivity (Wildman–Crippen MR) is 109 cm³/mol. The minimum Gasteiger partial charge on any atom is -0.466 e. The summed E-state index contributed by atoms with van der Waals surface area (Å²) >= 11 is 0. The number of aromatic nitrogens is 1. The summed E-state index contributed by atoms with van der Waals surface area (Å²) in [5.74, 6) is -6.88. The SMILES string of the molecule is CCOC(=O)CCc1ccc(C(F)(F)C(O)(CN=CNNC)c2ccc(F)cc2F)nc1. The lowest BCUT2D eigenvalue weighted by Crippen LogP contribution is -2.47. The third kappa shape index (κ3) is 5.80. The van der Waals surface area contributed by atoms with Gasteiger partial charge in [0.25, 0.3) is 0 Å². The van der Waals surface area contributed by atoms with Crippen LogP contribution in [0.5, 0.6) is 0 Å². The number of nitrogens with zero attached hydrogens (tertiary/aromatic N) is 2. The molecule has 7 nitrogen and oxygen atoms in total. The number of carbonyl (C=O) groups excluding carboxylic acids is 1. The van der Waals surface area contributed by atoms with Crippen molar-refractivity contribution < 1.29 is 32.2 Å². The molecule has 0 bridgehead atoms. The number of hydrazine groups is 1. The molecule has 32 heavy (non-hydrogen) atoms. The van der Waals surface area contributed by atoms with Gasteiger partial charge >= 0.3 is 11.9 Å². The Morgan fingerprint density at radius 1 is 1.28 bits per heavy atom. The van der Waals surface area contributed by atoms with E-state index >= 15 is 8.78 Å². The second-order valence-corrected chi connectivity index (χ2v) is 6.78. The van der Waals surface area contributed by atoms with Crippen molar-refractivity contribution in [2.45, 2.75) is 31.3 Å². The summed E-state index contributed by atoms with van der Waals surface area (Å²) in [6, 6.07) is 4.21. The highest BCUT2D eigenvalue weighted by atomic mass is 19.3. The number of benzene rings is 1. The third-order valence-corrected chi connectivity index (χ3v) is 4.59. The van der Waals surface area contributed by atoms with E-state index in [1.54, 1.807) is 6.92 Å². The molecule has 1 heterocycles. The van der Waals surface area contributed by atoms with Crippen molar-refractivity contribution >= 4 is 12.3 Å². The van der Waals surface area contributed by atoms with Crippen molar-refractivity contribution in [2.24, 2.45) is 4.99 Å². The lowest BCUT2D eigenvalue weighted by molar-refractivity contribution is -0.193. The third-order valence-electron chi connectivity index (χ3n) is 4.59. The van der Waals surface area contributed by atoms with Crippen LogP contribution in [0.15, 0.2) is 41.5 Å². The summed E-state index contributed by atoms with van der Waals surface area (Å²) in [6.45, 7) is 0.941. The van der Waals surface area contributed by atoms with Crippen molar-refractivity contribution in [3.63, 3.8) is 0 Å². The molecule has 11 heteroatoms. The number of ether oxygens (including phenoxy) is 1. The van der Waals surface area contributed by atoms with Crippen LogP contribution in [0.3, 0.4) is 0 Å². The smallest absolute Gasteiger partial charge is 0.323 e. The molecule has 3 N–H and O–H groups in total. The number of pyridine rings is 1. The molecule has 0 aliphatic heterocycles. The number of aryl methyl sites for hydroxylation is 1. The zero-order chi connectivity index (χ0) is 23.8. The van der Waals surface area contributed by atoms with Gasteiger partial charge in [-0.05, 0) is 37.1 Å². The average molecular weight is 456 g/mol. The van der Waals surface area contributed by atoms with Crippen LogP contribution in [0.2, 0.25) is 0 Å². The Balaban J connectivity index is 2.37. The zero-order valence-corrected chi connectivity index (χ0v) is 17.5. The van der Waals surface area contributed by atoms with E-state index in [9.17, 15) is 18.7 Å². The summed E-state index contributed by atoms with van der Waals surface area (Å²) in [7, 11) is 1.50. The summed E-state index contributed by atoms with van der Waals surface area (Å²) < 4.78 is 63.5. The number of hydrogen-bond donors (Lipinski definition) is 3. The zero-order valence-electron chi connectivity index (χ0n) is 17.5. The van der Waals surface area contributed by atoms with Gasteiger partial charge in [0.05, 0.1) is 19.5 Å². The number of carbonyl (C=O) groups is 1. The molecule has 2 rings (SSSR count). The van der Waals surface area contributed by atoms with Gasteiger partial charge in [0.2, 0.25) is 0 Å². The topological polar surface area (TPSA) is 95.8 Å². The second-order valence-electron chi connectivity index (χ2n) is 6.78. The normalized spacial score (nSPS) is 13.7. The van der Waals surface area contributed by atoms with Crippen molar-refractivity contribution in [1.82, 2.24) is 15.8 Å². The van der Waals surface area contributed by atoms with Gasteiger partial charge in [-0.1, -0.05) is 6.07 Å². The summed E-state index contributed by atoms with van der Waals surface area (Å²) in [5, 5.41) is 11.0. The molecule has 1 atom stereocenters. The first-order chi connectivity index (χ1) is 15.2. The summed E-state index contributed by atoms with van der Waals surface area (Å²) in [6.07, 6.45) is 2.40. The van der Waals surface area contributed by atoms with Crippen LogP contribution >= 0.6 is 0 Å². The minimum absolute atomic E-state index is 0.0448. The number of aliphatic imine (C=N–C) groups is 1. The first-order valence-corrected chi connectivity index (χ1v) is 9.73. The van der Waals surface area contributed by atoms with E-state index < -0.39 is 46.9 Å². The van der Waals surface area contributed by atoms with Gasteiger partial charge in [-0.3, -0.25) is 14.8 Å². The van der Waals surface area contributed by atoms with Gasteiger partial charge in [0.1, 0.15) is 17.3 Å². The van der Waals surface area contributed by atoms with Crippen LogP contribution in [0.4, 0.5) is 17.6 Å². The van der Waals surface area contributed by atoms with Crippen LogP contribution in [-0.2, 0) is 27.5 Å². The van der Waals surface area contributed by atoms with Gasteiger partial charge in [-0.15, -0.1) is 0 Å². The molecule has 0 aliphatic rings. The number of halogens is 4. The first kappa shape index (κ1) is 25.2. The molecule has 174 valence electrons. The molecule has 0 amide bonds. The van der Waals surface area contributed by atoms with E-state index in [1.807, 2.05) is 0 Å². The fraction of sp³-hybridized carbons (Fsp3) is 0.381. The Morgan fingerprint density at radius 3 is 2.62 bits per heavy atom. The van der Waals surface area contributed by atoms with Crippen molar-refractivity contribution in [3.8, 4) is 0 Å². The highest BCUT2D eigenvalue weighted by Crippen LogP contribution is 2.45. The van der Waals surface area contributed by atoms with Crippen LogP contribution in [0, 0.1) is 11.6 Å². The van der Waals surface area contributed by atoms with E-state index in [1.165, 1.54) is 13.1 Å². The summed E-state index contributed by atoms with van der Waals surface area (Å²) in [4.78, 5) is 18.9. The first-order valence-electron chi connectivity index (χ1n) is 9.73. The Hall–Kier alpha value is -3.05. The van der Waals surface area contributed by atoms with Gasteiger partial charge < -0.3 is 15.3 Å². The lowest BCUT2D eigenvalue weighted by Gasteiger charge is -2.35. The molecule has 1 unspecified atom stereocenters. The molecule has 0 spiro atoms. The highest BCUT2D eigenvalue weighted by Gasteiger charge is 2.57. The molecule has 0 saturated carbocycles. The monoisotopic (exact) mass is 456 g/mol. The fourth-order valence-electron chi connectivity index (χ4n) is 2.92. The van der Waals surface area contributed by atoms with Gasteiger partial charge in [0.15, 0.2) is 5.60 Å². The molecule has 1 aromatic heterocycles. The van der Waals surface area contributed by atoms with Crippen LogP contribution in [-0.4, -0.2) is 42.6 Å². The lowest BCUT2D eigenvalue weighted by atomic mass is 9.84. The van der Waals surface area contributed by atoms with E-state index in [0.29, 0.717) is 11.6 Å². The molecule has 0 fully saturated rings. The van der Waals surface area contributed by atoms with Crippen LogP contribution < -0.4 is 10.9 Å². The molecule has 2 aromatic rings. The Morgan fingerprint density at radius 2 is 2.03 bits per heavy atom. The number of esters is 1. The molecule has 0 saturated heterocycles. The van der Waals surface area contributed by atoms with Crippen molar-refractivity contribution in [2.75, 3.05) is 20.2 Å². The maximum Gasteiger partial charge on any atom is 0.323 e. The standard InChI is InChI=1S/C21H24F4N4O3/c1-3-32-19(30)9-5-14-4-8-18(28-11-14)21(24,25)20(31,12-27-13-29-26-2)16-7-6-15(22)10-17(16)23/h4,6-8,10-11,13,26,31H,3,5,9,12H2,1-2H3,(H,27,29). The van der Waals surface area contributed by atoms with Crippen molar-refractivity contribution in [3.05, 3.63) is 65.0 Å². The Labute approximate surface area is 182 Å². The Kier molecular flexibility index (Phi) is 8.67. The van der Waals surface area contributed by atoms with Gasteiger partial charge in [0, 0.05) is 31.3 Å². The molecule has 1 aromatic carbocycles. The molecular formula is C21H24F4N4O3. The van der Waals surface area contributed by atoms with Crippen molar-refractivity contribution in [1.29, 1.82) is 0 Å². The number of nitrogens with one attached hydrogen (secondary N) is 2. The van der Waals surface area contributed by atoms with Gasteiger partial charge in [-0.2, -0.15) is 8.78 Å². The Bertz CT molecular complexity index is 941. The average Bonchev–Trinajstić information content (AvgIpc) is 2.75. The largest absolute Gasteiger partial charge is 0.466 e. The number of aliphatic hydroxyl groups is 1. The second kappa shape index (κ2) is 11.0. The molecule has 0 aliphatic carbocycles. The molecule has 0 radical (unpaired) electrons. The van der Waals surface area contributed by atoms with Crippen LogP contribution in [0.25, 0.3) is 0 Å². The van der Waals surface area contributed by atoms with E-state index in [0.717, 1.165) is 30.7 Å². The van der Waals surface area contributed by atoms with E-state index in [-0.39, 0.29) is 19.4 Å². The fourth-order valence-corrected chi connectivity index (χ4v) is 2.92. The predicted octanol–water partition coefficient (Wildman–Crippen LogP) is 2.59. The highest BCUT2D eigenvalue weighted by molar-refractivity contribution is 5.69. The summed E-state index contributed by atoms with van der Waals surface area (Å²) in [5.41, 5.74) is 0.541. The van der Waals surface area contributed by atoms with E-state index in [2.05, 4.69) is 20.8 Å². The minimum atomic E-state index is -4.11. The maximum atomic E-state index is 15.5. The number of hydrogen-bond acceptors (Lipinski definition) is 6. The van der Waals surface area contributed by atoms with Gasteiger partial charge in [-0.25, -0.2) is 14.2 Å².